The van der Waals surface area contributed by atoms with E-state index in [9.17, 15) is 29.4 Å². The molecule has 10 N–H and O–H groups in total. The molecule has 4 unspecified atom stereocenters. The monoisotopic (exact) mass is 565 g/mol. The van der Waals surface area contributed by atoms with Gasteiger partial charge in [-0.25, -0.2) is 4.79 Å². The number of carbonyl (C=O) groups excluding carboxylic acids is 3. The van der Waals surface area contributed by atoms with Crippen LogP contribution >= 0.6 is 11.8 Å². The van der Waals surface area contributed by atoms with Crippen molar-refractivity contribution >= 4 is 41.4 Å². The van der Waals surface area contributed by atoms with Crippen LogP contribution in [0.25, 0.3) is 0 Å². The summed E-state index contributed by atoms with van der Waals surface area (Å²) in [6, 6.07) is 2.09. The summed E-state index contributed by atoms with van der Waals surface area (Å²) in [5.74, 6) is -2.13. The Labute approximate surface area is 231 Å². The number of amides is 3. The van der Waals surface area contributed by atoms with Gasteiger partial charge in [-0.3, -0.25) is 19.4 Å². The number of guanidine groups is 1. The number of likely N-dealkylation sites (tertiary alicyclic amines) is 1. The van der Waals surface area contributed by atoms with Crippen molar-refractivity contribution in [3.05, 3.63) is 29.8 Å². The summed E-state index contributed by atoms with van der Waals surface area (Å²) < 4.78 is 0. The van der Waals surface area contributed by atoms with Crippen LogP contribution in [-0.2, 0) is 25.6 Å². The molecule has 1 heterocycles. The van der Waals surface area contributed by atoms with Crippen molar-refractivity contribution in [1.29, 1.82) is 0 Å². The van der Waals surface area contributed by atoms with Crippen LogP contribution in [0.15, 0.2) is 29.3 Å². The van der Waals surface area contributed by atoms with Gasteiger partial charge in [-0.05, 0) is 61.8 Å². The van der Waals surface area contributed by atoms with E-state index in [2.05, 4.69) is 15.6 Å². The van der Waals surface area contributed by atoms with E-state index >= 15 is 0 Å². The molecule has 4 atom stereocenters. The van der Waals surface area contributed by atoms with Gasteiger partial charge in [0.1, 0.15) is 23.9 Å². The van der Waals surface area contributed by atoms with E-state index in [0.29, 0.717) is 43.5 Å². The van der Waals surface area contributed by atoms with Crippen LogP contribution in [0.5, 0.6) is 5.75 Å². The lowest BCUT2D eigenvalue weighted by Crippen LogP contribution is -2.56. The van der Waals surface area contributed by atoms with E-state index in [-0.39, 0.29) is 37.0 Å². The van der Waals surface area contributed by atoms with E-state index in [1.54, 1.807) is 23.9 Å². The first-order chi connectivity index (χ1) is 18.5. The Kier molecular flexibility index (Phi) is 12.8. The minimum atomic E-state index is -1.28. The predicted molar refractivity (Wildman–Crippen MR) is 149 cm³/mol. The largest absolute Gasteiger partial charge is 0.508 e. The SMILES string of the molecule is CSCCC(N)C(=O)N1CCCC1C(=O)NC(CCCN=C(N)N)C(=O)NC(Cc1ccc(O)cc1)C(=O)O. The fourth-order valence-corrected chi connectivity index (χ4v) is 4.75. The summed E-state index contributed by atoms with van der Waals surface area (Å²) in [5.41, 5.74) is 17.4. The number of nitrogens with zero attached hydrogens (tertiary/aromatic N) is 2. The maximum Gasteiger partial charge on any atom is 0.326 e. The molecule has 39 heavy (non-hydrogen) atoms. The van der Waals surface area contributed by atoms with Gasteiger partial charge in [-0.1, -0.05) is 12.1 Å². The third-order valence-electron chi connectivity index (χ3n) is 6.36. The van der Waals surface area contributed by atoms with Gasteiger partial charge >= 0.3 is 5.97 Å². The standard InChI is InChI=1S/C25H39N7O6S/c1-39-13-10-17(26)23(36)32-12-3-5-20(32)22(35)30-18(4-2-11-29-25(27)28)21(34)31-19(24(37)38)14-15-6-8-16(33)9-7-15/h6-9,17-20,33H,2-5,10-14,26H2,1H3,(H,30,35)(H,31,34)(H,37,38)(H4,27,28,29). The molecule has 13 nitrogen and oxygen atoms in total. The Balaban J connectivity index is 2.14. The number of thioether (sulfide) groups is 1. The first kappa shape index (κ1) is 31.7. The second-order valence-electron chi connectivity index (χ2n) is 9.36. The number of carboxylic acids is 1. The second-order valence-corrected chi connectivity index (χ2v) is 10.3. The fraction of sp³-hybridized carbons (Fsp3) is 0.560. The average Bonchev–Trinajstić information content (AvgIpc) is 3.39. The van der Waals surface area contributed by atoms with Gasteiger partial charge in [0.25, 0.3) is 0 Å². The molecular formula is C25H39N7O6S. The molecule has 1 aromatic carbocycles. The van der Waals surface area contributed by atoms with Gasteiger partial charge in [0.2, 0.25) is 17.7 Å². The van der Waals surface area contributed by atoms with Gasteiger partial charge in [0, 0.05) is 19.5 Å². The summed E-state index contributed by atoms with van der Waals surface area (Å²) in [6.07, 6.45) is 3.88. The van der Waals surface area contributed by atoms with Crippen LogP contribution in [-0.4, -0.2) is 94.0 Å². The molecule has 3 amide bonds. The number of carboxylic acid groups (broad SMARTS) is 1. The van der Waals surface area contributed by atoms with E-state index in [1.165, 1.54) is 17.0 Å². The van der Waals surface area contributed by atoms with Crippen molar-refractivity contribution in [1.82, 2.24) is 15.5 Å². The van der Waals surface area contributed by atoms with Gasteiger partial charge in [-0.15, -0.1) is 0 Å². The molecule has 1 aliphatic rings. The highest BCUT2D eigenvalue weighted by Gasteiger charge is 2.37. The zero-order valence-electron chi connectivity index (χ0n) is 22.0. The normalized spacial score (nSPS) is 17.1. The predicted octanol–water partition coefficient (Wildman–Crippen LogP) is -0.886. The molecule has 1 aromatic rings. The molecule has 0 radical (unpaired) electrons. The summed E-state index contributed by atoms with van der Waals surface area (Å²) in [5, 5.41) is 24.4. The summed E-state index contributed by atoms with van der Waals surface area (Å²) >= 11 is 1.58. The quantitative estimate of drug-likeness (QED) is 0.0788. The first-order valence-corrected chi connectivity index (χ1v) is 14.1. The number of aliphatic imine (C=N–C) groups is 1. The number of aromatic hydroxyl groups is 1. The third kappa shape index (κ3) is 10.3. The molecule has 216 valence electrons. The van der Waals surface area contributed by atoms with Crippen molar-refractivity contribution in [2.75, 3.05) is 25.1 Å². The molecule has 1 saturated heterocycles. The number of benzene rings is 1. The highest BCUT2D eigenvalue weighted by atomic mass is 32.2. The molecule has 1 fully saturated rings. The number of phenols is 1. The van der Waals surface area contributed by atoms with Crippen LogP contribution in [0, 0.1) is 0 Å². The van der Waals surface area contributed by atoms with Gasteiger partial charge in [0.05, 0.1) is 6.04 Å². The van der Waals surface area contributed by atoms with Crippen LogP contribution in [0.4, 0.5) is 0 Å². The van der Waals surface area contributed by atoms with Crippen molar-refractivity contribution in [3.63, 3.8) is 0 Å². The summed E-state index contributed by atoms with van der Waals surface area (Å²) in [4.78, 5) is 56.6. The van der Waals surface area contributed by atoms with Crippen LogP contribution in [0.3, 0.4) is 0 Å². The number of nitrogens with two attached hydrogens (primary N) is 3. The molecule has 0 spiro atoms. The van der Waals surface area contributed by atoms with Gasteiger partial charge in [-0.2, -0.15) is 11.8 Å². The number of nitrogens with one attached hydrogen (secondary N) is 2. The van der Waals surface area contributed by atoms with E-state index < -0.39 is 42.0 Å². The number of rotatable bonds is 15. The Bertz CT molecular complexity index is 1020. The highest BCUT2D eigenvalue weighted by Crippen LogP contribution is 2.20. The van der Waals surface area contributed by atoms with Crippen molar-refractivity contribution < 1.29 is 29.4 Å². The average molecular weight is 566 g/mol. The number of phenolic OH excluding ortho intramolecular Hbond substituents is 1. The number of aliphatic carboxylic acids is 1. The van der Waals surface area contributed by atoms with Crippen LogP contribution < -0.4 is 27.8 Å². The second kappa shape index (κ2) is 15.8. The molecule has 1 aliphatic heterocycles. The summed E-state index contributed by atoms with van der Waals surface area (Å²) in [7, 11) is 0. The summed E-state index contributed by atoms with van der Waals surface area (Å²) in [6.45, 7) is 0.592. The Hall–Kier alpha value is -3.52. The maximum absolute atomic E-state index is 13.3. The molecule has 0 aliphatic carbocycles. The Morgan fingerprint density at radius 1 is 1.13 bits per heavy atom. The number of hydrogen-bond acceptors (Lipinski definition) is 8. The minimum Gasteiger partial charge on any atom is -0.508 e. The van der Waals surface area contributed by atoms with E-state index in [4.69, 9.17) is 17.2 Å². The lowest BCUT2D eigenvalue weighted by molar-refractivity contribution is -0.143. The minimum absolute atomic E-state index is 0.0304. The zero-order chi connectivity index (χ0) is 28.9. The molecule has 0 saturated carbocycles. The van der Waals surface area contributed by atoms with Crippen LogP contribution in [0.2, 0.25) is 0 Å². The maximum atomic E-state index is 13.3. The molecule has 2 rings (SSSR count). The number of carbonyl (C=O) groups is 4. The zero-order valence-corrected chi connectivity index (χ0v) is 22.9. The molecule has 0 aromatic heterocycles. The fourth-order valence-electron chi connectivity index (χ4n) is 4.26. The smallest absolute Gasteiger partial charge is 0.326 e. The van der Waals surface area contributed by atoms with E-state index in [1.807, 2.05) is 6.26 Å². The van der Waals surface area contributed by atoms with Gasteiger partial charge < -0.3 is 42.9 Å². The molecular weight excluding hydrogens is 526 g/mol. The lowest BCUT2D eigenvalue weighted by Gasteiger charge is -2.28. The van der Waals surface area contributed by atoms with E-state index in [0.717, 1.165) is 0 Å². The third-order valence-corrected chi connectivity index (χ3v) is 7.00. The van der Waals surface area contributed by atoms with Crippen molar-refractivity contribution in [2.45, 2.75) is 62.7 Å². The van der Waals surface area contributed by atoms with Gasteiger partial charge in [0.15, 0.2) is 5.96 Å². The van der Waals surface area contributed by atoms with Crippen LogP contribution in [0.1, 0.15) is 37.7 Å². The Morgan fingerprint density at radius 3 is 2.44 bits per heavy atom. The van der Waals surface area contributed by atoms with Crippen molar-refractivity contribution in [3.8, 4) is 5.75 Å². The number of hydrogen-bond donors (Lipinski definition) is 7. The molecule has 14 heteroatoms. The van der Waals surface area contributed by atoms with Crippen molar-refractivity contribution in [2.24, 2.45) is 22.2 Å². The molecule has 0 bridgehead atoms. The lowest BCUT2D eigenvalue weighted by atomic mass is 10.0. The first-order valence-electron chi connectivity index (χ1n) is 12.7. The Morgan fingerprint density at radius 2 is 1.82 bits per heavy atom. The topological polar surface area (TPSA) is 226 Å². The highest BCUT2D eigenvalue weighted by molar-refractivity contribution is 7.98.